The standard InChI is InChI=1S/C40H75NO11S/c1-3-5-7-9-11-13-15-16-17-18-19-20-21-23-25-27-29-34(43)33(41-36(44)30-28-26-24-22-14-12-10-8-6-4-2)32-50-40-38(46)39(52-53(47,48)49)37(45)35(31-42)51-40/h10,12,27,29,33-35,37-40,42-43,45-46H,3-9,11,13-26,28,30-32H2,1-2H3,(H,41,44)(H,47,48,49)/b12-10-,29-27+. The molecule has 0 aromatic heterocycles. The van der Waals surface area contributed by atoms with Gasteiger partial charge in [0.25, 0.3) is 0 Å². The molecule has 0 radical (unpaired) electrons. The lowest BCUT2D eigenvalue weighted by Gasteiger charge is -2.41. The maximum Gasteiger partial charge on any atom is 0.397 e. The Balaban J connectivity index is 2.59. The molecule has 0 aromatic rings. The fourth-order valence-electron chi connectivity index (χ4n) is 6.43. The summed E-state index contributed by atoms with van der Waals surface area (Å²) in [6.07, 6.45) is 25.2. The van der Waals surface area contributed by atoms with Crippen LogP contribution < -0.4 is 5.32 Å². The lowest BCUT2D eigenvalue weighted by molar-refractivity contribution is -0.298. The van der Waals surface area contributed by atoms with Crippen molar-refractivity contribution in [2.24, 2.45) is 0 Å². The van der Waals surface area contributed by atoms with Gasteiger partial charge in [0.05, 0.1) is 25.4 Å². The predicted octanol–water partition coefficient (Wildman–Crippen LogP) is 6.99. The number of allylic oxidation sites excluding steroid dienone is 3. The summed E-state index contributed by atoms with van der Waals surface area (Å²) in [5.41, 5.74) is 0. The molecule has 53 heavy (non-hydrogen) atoms. The Hall–Kier alpha value is -1.42. The van der Waals surface area contributed by atoms with Gasteiger partial charge in [-0.1, -0.05) is 147 Å². The minimum absolute atomic E-state index is 0.254. The number of amides is 1. The van der Waals surface area contributed by atoms with Gasteiger partial charge in [-0.2, -0.15) is 8.42 Å². The van der Waals surface area contributed by atoms with E-state index >= 15 is 0 Å². The molecule has 6 N–H and O–H groups in total. The molecule has 0 saturated carbocycles. The third kappa shape index (κ3) is 25.4. The molecule has 1 amide bonds. The summed E-state index contributed by atoms with van der Waals surface area (Å²) in [6, 6.07) is -0.945. The highest BCUT2D eigenvalue weighted by atomic mass is 32.3. The fraction of sp³-hybridized carbons (Fsp3) is 0.875. The summed E-state index contributed by atoms with van der Waals surface area (Å²) in [7, 11) is -5.08. The van der Waals surface area contributed by atoms with Crippen molar-refractivity contribution < 1.29 is 51.8 Å². The van der Waals surface area contributed by atoms with Gasteiger partial charge < -0.3 is 35.2 Å². The van der Waals surface area contributed by atoms with Gasteiger partial charge in [0.15, 0.2) is 6.29 Å². The molecular weight excluding hydrogens is 703 g/mol. The number of hydrogen-bond acceptors (Lipinski definition) is 10. The highest BCUT2D eigenvalue weighted by molar-refractivity contribution is 7.80. The maximum absolute atomic E-state index is 12.9. The van der Waals surface area contributed by atoms with Crippen LogP contribution in [0.25, 0.3) is 0 Å². The second kappa shape index (κ2) is 31.7. The SMILES string of the molecule is CCCC/C=C\CCCCCCC(=O)NC(COC1OC(CO)C(O)C(OS(=O)(=O)O)C1O)C(O)/C=C/CCCCCCCCCCCCCCCC. The third-order valence-electron chi connectivity index (χ3n) is 9.73. The first-order chi connectivity index (χ1) is 25.5. The van der Waals surface area contributed by atoms with E-state index in [1.165, 1.54) is 89.9 Å². The number of hydrogen-bond donors (Lipinski definition) is 6. The highest BCUT2D eigenvalue weighted by Gasteiger charge is 2.48. The summed E-state index contributed by atoms with van der Waals surface area (Å²) in [5.74, 6) is -0.279. The number of ether oxygens (including phenoxy) is 2. The van der Waals surface area contributed by atoms with E-state index in [4.69, 9.17) is 14.0 Å². The summed E-state index contributed by atoms with van der Waals surface area (Å²) in [6.45, 7) is 3.31. The van der Waals surface area contributed by atoms with E-state index in [9.17, 15) is 33.6 Å². The van der Waals surface area contributed by atoms with Crippen molar-refractivity contribution in [1.82, 2.24) is 5.32 Å². The zero-order valence-corrected chi connectivity index (χ0v) is 33.6. The van der Waals surface area contributed by atoms with E-state index in [0.29, 0.717) is 6.42 Å². The van der Waals surface area contributed by atoms with E-state index in [1.54, 1.807) is 6.08 Å². The second-order valence-corrected chi connectivity index (χ2v) is 15.6. The van der Waals surface area contributed by atoms with E-state index in [0.717, 1.165) is 51.4 Å². The largest absolute Gasteiger partial charge is 0.397 e. The van der Waals surface area contributed by atoms with Crippen LogP contribution in [0.2, 0.25) is 0 Å². The second-order valence-electron chi connectivity index (χ2n) is 14.6. The first kappa shape index (κ1) is 49.6. The molecule has 0 aliphatic carbocycles. The van der Waals surface area contributed by atoms with Crippen LogP contribution >= 0.6 is 0 Å². The van der Waals surface area contributed by atoms with Crippen LogP contribution in [0.4, 0.5) is 0 Å². The molecule has 7 unspecified atom stereocenters. The van der Waals surface area contributed by atoms with Crippen LogP contribution in [0.1, 0.15) is 168 Å². The van der Waals surface area contributed by atoms with Crippen LogP contribution in [0.15, 0.2) is 24.3 Å². The van der Waals surface area contributed by atoms with Crippen molar-refractivity contribution in [3.05, 3.63) is 24.3 Å². The minimum Gasteiger partial charge on any atom is -0.394 e. The molecule has 0 bridgehead atoms. The molecule has 1 aliphatic heterocycles. The zero-order valence-electron chi connectivity index (χ0n) is 32.8. The van der Waals surface area contributed by atoms with Gasteiger partial charge in [-0.05, 0) is 38.5 Å². The summed E-state index contributed by atoms with van der Waals surface area (Å²) in [4.78, 5) is 12.9. The van der Waals surface area contributed by atoms with E-state index in [1.807, 2.05) is 6.08 Å². The molecule has 1 aliphatic rings. The molecule has 7 atom stereocenters. The number of aliphatic hydroxyl groups is 4. The molecule has 1 rings (SSSR count). The molecular formula is C40H75NO11S. The molecule has 12 nitrogen and oxygen atoms in total. The van der Waals surface area contributed by atoms with Crippen LogP contribution in [-0.2, 0) is 28.9 Å². The predicted molar refractivity (Wildman–Crippen MR) is 209 cm³/mol. The lowest BCUT2D eigenvalue weighted by atomic mass is 9.99. The van der Waals surface area contributed by atoms with Gasteiger partial charge in [-0.3, -0.25) is 9.35 Å². The zero-order chi connectivity index (χ0) is 39.2. The van der Waals surface area contributed by atoms with Gasteiger partial charge in [0, 0.05) is 6.42 Å². The van der Waals surface area contributed by atoms with E-state index < -0.39 is 59.9 Å². The maximum atomic E-state index is 12.9. The van der Waals surface area contributed by atoms with Crippen molar-refractivity contribution in [3.8, 4) is 0 Å². The van der Waals surface area contributed by atoms with E-state index in [2.05, 4.69) is 35.5 Å². The van der Waals surface area contributed by atoms with E-state index in [-0.39, 0.29) is 18.9 Å². The number of nitrogens with one attached hydrogen (secondary N) is 1. The normalized spacial score (nSPS) is 22.1. The smallest absolute Gasteiger partial charge is 0.394 e. The Morgan fingerprint density at radius 3 is 1.75 bits per heavy atom. The number of carbonyl (C=O) groups excluding carboxylic acids is 1. The topological polar surface area (TPSA) is 192 Å². The average molecular weight is 778 g/mol. The van der Waals surface area contributed by atoms with Crippen LogP contribution in [0.3, 0.4) is 0 Å². The van der Waals surface area contributed by atoms with Crippen molar-refractivity contribution in [2.45, 2.75) is 211 Å². The van der Waals surface area contributed by atoms with Crippen molar-refractivity contribution in [3.63, 3.8) is 0 Å². The van der Waals surface area contributed by atoms with Crippen molar-refractivity contribution in [1.29, 1.82) is 0 Å². The Morgan fingerprint density at radius 1 is 0.736 bits per heavy atom. The number of carbonyl (C=O) groups is 1. The van der Waals surface area contributed by atoms with Crippen molar-refractivity contribution in [2.75, 3.05) is 13.2 Å². The summed E-state index contributed by atoms with van der Waals surface area (Å²) < 4.78 is 47.4. The molecule has 0 spiro atoms. The van der Waals surface area contributed by atoms with Gasteiger partial charge >= 0.3 is 10.4 Å². The Labute approximate surface area is 321 Å². The quantitative estimate of drug-likeness (QED) is 0.0224. The van der Waals surface area contributed by atoms with Crippen LogP contribution in [-0.4, -0.2) is 95.4 Å². The first-order valence-corrected chi connectivity index (χ1v) is 22.1. The van der Waals surface area contributed by atoms with Gasteiger partial charge in [-0.25, -0.2) is 4.18 Å². The average Bonchev–Trinajstić information content (AvgIpc) is 3.12. The summed E-state index contributed by atoms with van der Waals surface area (Å²) >= 11 is 0. The van der Waals surface area contributed by atoms with Crippen molar-refractivity contribution >= 4 is 16.3 Å². The van der Waals surface area contributed by atoms with Crippen LogP contribution in [0, 0.1) is 0 Å². The van der Waals surface area contributed by atoms with Crippen LogP contribution in [0.5, 0.6) is 0 Å². The lowest BCUT2D eigenvalue weighted by Crippen LogP contribution is -2.61. The first-order valence-electron chi connectivity index (χ1n) is 20.7. The number of rotatable bonds is 34. The Kier molecular flexibility index (Phi) is 29.7. The highest BCUT2D eigenvalue weighted by Crippen LogP contribution is 2.26. The molecule has 1 saturated heterocycles. The third-order valence-corrected chi connectivity index (χ3v) is 10.2. The Bertz CT molecular complexity index is 1060. The monoisotopic (exact) mass is 778 g/mol. The van der Waals surface area contributed by atoms with Gasteiger partial charge in [-0.15, -0.1) is 0 Å². The minimum atomic E-state index is -5.08. The Morgan fingerprint density at radius 2 is 1.23 bits per heavy atom. The molecule has 0 aromatic carbocycles. The molecule has 13 heteroatoms. The number of aliphatic hydroxyl groups excluding tert-OH is 4. The number of unbranched alkanes of at least 4 members (excludes halogenated alkanes) is 20. The summed E-state index contributed by atoms with van der Waals surface area (Å²) in [5, 5.41) is 44.5. The molecule has 312 valence electrons. The van der Waals surface area contributed by atoms with Gasteiger partial charge in [0.1, 0.15) is 24.4 Å². The fourth-order valence-corrected chi connectivity index (χ4v) is 6.94. The molecule has 1 fully saturated rings. The molecule has 1 heterocycles. The van der Waals surface area contributed by atoms with Gasteiger partial charge in [0.2, 0.25) is 5.91 Å².